The van der Waals surface area contributed by atoms with Crippen LogP contribution in [0.4, 0.5) is 0 Å². The highest BCUT2D eigenvalue weighted by atomic mass is 32.3. The quantitative estimate of drug-likeness (QED) is 0.575. The molecule has 6 nitrogen and oxygen atoms in total. The van der Waals surface area contributed by atoms with E-state index in [-0.39, 0.29) is 35.6 Å². The molecule has 0 radical (unpaired) electrons. The number of ether oxygens (including phenoxy) is 1. The summed E-state index contributed by atoms with van der Waals surface area (Å²) in [7, 11) is -4.92. The van der Waals surface area contributed by atoms with Crippen LogP contribution in [0.25, 0.3) is 0 Å². The Labute approximate surface area is 160 Å². The van der Waals surface area contributed by atoms with Crippen molar-refractivity contribution >= 4 is 16.4 Å². The van der Waals surface area contributed by atoms with Crippen molar-refractivity contribution in [3.8, 4) is 0 Å². The number of esters is 1. The maximum atomic E-state index is 11.8. The van der Waals surface area contributed by atoms with Crippen LogP contribution in [0, 0.1) is 34.5 Å². The summed E-state index contributed by atoms with van der Waals surface area (Å²) in [6, 6.07) is 0. The Bertz CT molecular complexity index is 813. The summed E-state index contributed by atoms with van der Waals surface area (Å²) in [5.74, 6) is 0.637. The van der Waals surface area contributed by atoms with Gasteiger partial charge >= 0.3 is 16.4 Å². The highest BCUT2D eigenvalue weighted by Crippen LogP contribution is 2.67. The van der Waals surface area contributed by atoms with Crippen LogP contribution >= 0.6 is 0 Å². The van der Waals surface area contributed by atoms with Crippen LogP contribution in [0.5, 0.6) is 0 Å². The van der Waals surface area contributed by atoms with Crippen molar-refractivity contribution in [1.29, 1.82) is 0 Å². The molecule has 1 N–H and O–H groups in total. The van der Waals surface area contributed by atoms with E-state index in [1.165, 1.54) is 0 Å². The summed E-state index contributed by atoms with van der Waals surface area (Å²) in [5, 5.41) is 0. The molecule has 3 unspecified atom stereocenters. The van der Waals surface area contributed by atoms with E-state index in [9.17, 15) is 17.8 Å². The molecule has 4 aliphatic rings. The highest BCUT2D eigenvalue weighted by molar-refractivity contribution is 7.80. The van der Waals surface area contributed by atoms with E-state index in [2.05, 4.69) is 6.92 Å². The van der Waals surface area contributed by atoms with Crippen LogP contribution in [0.3, 0.4) is 0 Å². The smallest absolute Gasteiger partial charge is 0.397 e. The highest BCUT2D eigenvalue weighted by Gasteiger charge is 2.65. The summed E-state index contributed by atoms with van der Waals surface area (Å²) in [5.41, 5.74) is -2.93. The van der Waals surface area contributed by atoms with Gasteiger partial charge < -0.3 is 4.74 Å². The predicted molar refractivity (Wildman–Crippen MR) is 94.5 cm³/mol. The lowest BCUT2D eigenvalue weighted by Gasteiger charge is -2.60. The topological polar surface area (TPSA) is 89.9 Å². The Morgan fingerprint density at radius 1 is 1.19 bits per heavy atom. The first kappa shape index (κ1) is 15.3. The van der Waals surface area contributed by atoms with Crippen molar-refractivity contribution in [3.05, 3.63) is 0 Å². The van der Waals surface area contributed by atoms with Gasteiger partial charge in [0.25, 0.3) is 0 Å². The average molecular weight is 390 g/mol. The lowest BCUT2D eigenvalue weighted by Crippen LogP contribution is -2.58. The number of carbonyl (C=O) groups excluding carboxylic acids is 1. The van der Waals surface area contributed by atoms with Crippen LogP contribution in [-0.2, 0) is 24.1 Å². The van der Waals surface area contributed by atoms with Gasteiger partial charge in [-0.3, -0.25) is 9.35 Å². The molecular formula is C19H30O6S. The lowest BCUT2D eigenvalue weighted by atomic mass is 9.46. The lowest BCUT2D eigenvalue weighted by molar-refractivity contribution is -0.185. The number of fused-ring (bicyclic) bond motifs is 5. The molecule has 0 spiro atoms. The Balaban J connectivity index is 1.71. The zero-order chi connectivity index (χ0) is 21.5. The third-order valence-electron chi connectivity index (χ3n) is 8.39. The number of carbonyl (C=O) groups is 1. The van der Waals surface area contributed by atoms with Crippen molar-refractivity contribution in [2.45, 2.75) is 71.2 Å². The Morgan fingerprint density at radius 2 is 1.92 bits per heavy atom. The van der Waals surface area contributed by atoms with E-state index in [0.29, 0.717) is 31.8 Å². The molecule has 0 aromatic rings. The molecule has 0 aromatic heterocycles. The average Bonchev–Trinajstić information content (AvgIpc) is 2.87. The zero-order valence-corrected chi connectivity index (χ0v) is 16.2. The number of hydrogen-bond acceptors (Lipinski definition) is 5. The van der Waals surface area contributed by atoms with Crippen molar-refractivity contribution in [2.75, 3.05) is 6.61 Å². The molecule has 148 valence electrons. The van der Waals surface area contributed by atoms with Crippen molar-refractivity contribution in [2.24, 2.45) is 34.5 Å². The second kappa shape index (κ2) is 5.67. The molecule has 7 heteroatoms. The molecule has 3 saturated carbocycles. The van der Waals surface area contributed by atoms with Crippen LogP contribution in [-0.4, -0.2) is 31.1 Å². The first-order valence-electron chi connectivity index (χ1n) is 11.1. The Hall–Kier alpha value is -0.660. The molecule has 3 aliphatic carbocycles. The summed E-state index contributed by atoms with van der Waals surface area (Å²) in [6.45, 7) is 1.73. The van der Waals surface area contributed by atoms with E-state index in [1.807, 2.05) is 6.92 Å². The Kier molecular flexibility index (Phi) is 3.34. The van der Waals surface area contributed by atoms with Gasteiger partial charge in [-0.1, -0.05) is 13.8 Å². The molecule has 4 fully saturated rings. The van der Waals surface area contributed by atoms with Crippen LogP contribution in [0.15, 0.2) is 0 Å². The number of rotatable bonds is 2. The fourth-order valence-corrected chi connectivity index (χ4v) is 7.54. The molecule has 1 heterocycles. The van der Waals surface area contributed by atoms with Crippen LogP contribution in [0.2, 0.25) is 0 Å². The minimum absolute atomic E-state index is 0.0150. The fraction of sp³-hybridized carbons (Fsp3) is 0.947. The monoisotopic (exact) mass is 389 g/mol. The maximum Gasteiger partial charge on any atom is 0.397 e. The van der Waals surface area contributed by atoms with E-state index in [1.54, 1.807) is 0 Å². The minimum atomic E-state index is -4.92. The van der Waals surface area contributed by atoms with E-state index in [0.717, 1.165) is 19.3 Å². The van der Waals surface area contributed by atoms with Crippen molar-refractivity contribution in [3.63, 3.8) is 0 Å². The van der Waals surface area contributed by atoms with Gasteiger partial charge in [0.05, 0.1) is 12.2 Å². The normalized spacial score (nSPS) is 53.3. The van der Waals surface area contributed by atoms with Crippen molar-refractivity contribution < 1.29 is 30.8 Å². The molecule has 0 amide bonds. The van der Waals surface area contributed by atoms with Gasteiger partial charge in [0.2, 0.25) is 0 Å². The molecular weight excluding hydrogens is 356 g/mol. The first-order valence-corrected chi connectivity index (χ1v) is 10.9. The standard InChI is InChI=1S/C19H30O6S/c1-17-11-24-16(20)10-12(17)4-5-13-14(17)6-8-18(2)15(13)7-9-19(18,3)25-26(21,22)23/h12-15H,4-11H2,1-3H3,(H,21,22,23)/t12-,13?,14?,15?,17-,18-,19+/m0/s1/i3D3. The SMILES string of the molecule is [2H]C([2H])([2H])[C@@]1(OS(=O)(=O)O)CCC2C3CC[C@H]4CC(=O)OC[C@]4(C)C3CC[C@@]21C. The van der Waals surface area contributed by atoms with Crippen LogP contribution in [0.1, 0.15) is 69.8 Å². The van der Waals surface area contributed by atoms with E-state index < -0.39 is 28.3 Å². The number of cyclic esters (lactones) is 1. The van der Waals surface area contributed by atoms with Gasteiger partial charge in [0.1, 0.15) is 0 Å². The maximum absolute atomic E-state index is 11.8. The molecule has 26 heavy (non-hydrogen) atoms. The zero-order valence-electron chi connectivity index (χ0n) is 18.4. The molecule has 0 aromatic carbocycles. The van der Waals surface area contributed by atoms with Gasteiger partial charge in [0.15, 0.2) is 0 Å². The summed E-state index contributed by atoms with van der Waals surface area (Å²) in [6.07, 6.45) is 4.07. The van der Waals surface area contributed by atoms with E-state index in [4.69, 9.17) is 13.0 Å². The largest absolute Gasteiger partial charge is 0.465 e. The first-order chi connectivity index (χ1) is 13.2. The molecule has 1 saturated heterocycles. The summed E-state index contributed by atoms with van der Waals surface area (Å²) in [4.78, 5) is 11.8. The molecule has 4 rings (SSSR count). The third-order valence-corrected chi connectivity index (χ3v) is 8.88. The molecule has 7 atom stereocenters. The van der Waals surface area contributed by atoms with Crippen LogP contribution < -0.4 is 0 Å². The second-order valence-electron chi connectivity index (χ2n) is 9.35. The van der Waals surface area contributed by atoms with Gasteiger partial charge in [-0.25, -0.2) is 4.18 Å². The van der Waals surface area contributed by atoms with Gasteiger partial charge in [0, 0.05) is 21.4 Å². The van der Waals surface area contributed by atoms with Gasteiger partial charge in [-0.05, 0) is 69.0 Å². The predicted octanol–water partition coefficient (Wildman–Crippen LogP) is 3.37. The minimum Gasteiger partial charge on any atom is -0.465 e. The van der Waals surface area contributed by atoms with Gasteiger partial charge in [-0.15, -0.1) is 0 Å². The Morgan fingerprint density at radius 3 is 2.62 bits per heavy atom. The fourth-order valence-electron chi connectivity index (χ4n) is 6.91. The van der Waals surface area contributed by atoms with Gasteiger partial charge in [-0.2, -0.15) is 8.42 Å². The third kappa shape index (κ3) is 2.57. The second-order valence-corrected chi connectivity index (χ2v) is 10.4. The number of hydrogen-bond donors (Lipinski definition) is 1. The molecule has 1 aliphatic heterocycles. The van der Waals surface area contributed by atoms with Crippen molar-refractivity contribution in [1.82, 2.24) is 0 Å². The summed E-state index contributed by atoms with van der Waals surface area (Å²) >= 11 is 0. The summed E-state index contributed by atoms with van der Waals surface area (Å²) < 4.78 is 67.5. The van der Waals surface area contributed by atoms with E-state index >= 15 is 0 Å². The molecule has 0 bridgehead atoms.